The van der Waals surface area contributed by atoms with Crippen molar-refractivity contribution >= 4 is 0 Å². The number of hydrogen-bond acceptors (Lipinski definition) is 5. The van der Waals surface area contributed by atoms with E-state index in [9.17, 15) is 10.2 Å². The first-order valence-corrected chi connectivity index (χ1v) is 12.6. The molecule has 0 unspecified atom stereocenters. The number of allylic oxidation sites excluding steroid dienone is 1. The van der Waals surface area contributed by atoms with Gasteiger partial charge in [0, 0.05) is 0 Å². The van der Waals surface area contributed by atoms with Crippen molar-refractivity contribution in [3.63, 3.8) is 0 Å². The highest BCUT2D eigenvalue weighted by atomic mass is 16.6. The van der Waals surface area contributed by atoms with Crippen molar-refractivity contribution < 1.29 is 24.8 Å². The monoisotopic (exact) mass is 428 g/mol. The summed E-state index contributed by atoms with van der Waals surface area (Å²) in [6.45, 7) is 2.06. The number of aliphatic hydroxyl groups is 3. The Labute approximate surface area is 184 Å². The predicted octanol–water partition coefficient (Wildman–Crippen LogP) is 5.26. The normalized spacial score (nSPS) is 24.5. The molecule has 1 heterocycles. The van der Waals surface area contributed by atoms with E-state index in [1.165, 1.54) is 89.9 Å². The van der Waals surface area contributed by atoms with Crippen molar-refractivity contribution in [1.82, 2.24) is 0 Å². The molecule has 1 rings (SSSR count). The van der Waals surface area contributed by atoms with Gasteiger partial charge in [0.1, 0.15) is 18.3 Å². The third kappa shape index (κ3) is 12.9. The lowest BCUT2D eigenvalue weighted by Gasteiger charge is -2.36. The largest absolute Gasteiger partial charge is 0.493 e. The van der Waals surface area contributed by atoms with Crippen LogP contribution in [0.2, 0.25) is 0 Å². The summed E-state index contributed by atoms with van der Waals surface area (Å²) in [7, 11) is 0. The van der Waals surface area contributed by atoms with Gasteiger partial charge in [-0.15, -0.1) is 0 Å². The molecule has 0 saturated carbocycles. The van der Waals surface area contributed by atoms with Crippen LogP contribution in [-0.4, -0.2) is 52.9 Å². The van der Waals surface area contributed by atoms with E-state index >= 15 is 0 Å². The maximum Gasteiger partial charge on any atom is 0.154 e. The molecule has 0 radical (unpaired) electrons. The highest BCUT2D eigenvalue weighted by Crippen LogP contribution is 2.19. The molecular weight excluding hydrogens is 380 g/mol. The Kier molecular flexibility index (Phi) is 17.4. The smallest absolute Gasteiger partial charge is 0.154 e. The van der Waals surface area contributed by atoms with Gasteiger partial charge in [0.2, 0.25) is 0 Å². The van der Waals surface area contributed by atoms with Crippen LogP contribution >= 0.6 is 0 Å². The number of ether oxygens (including phenoxy) is 2. The van der Waals surface area contributed by atoms with E-state index in [2.05, 4.69) is 6.92 Å². The van der Waals surface area contributed by atoms with Crippen LogP contribution < -0.4 is 0 Å². The Morgan fingerprint density at radius 3 is 1.80 bits per heavy atom. The van der Waals surface area contributed by atoms with E-state index in [-0.39, 0.29) is 13.2 Å². The van der Waals surface area contributed by atoms with Crippen molar-refractivity contribution in [2.75, 3.05) is 13.2 Å². The molecule has 178 valence electrons. The van der Waals surface area contributed by atoms with E-state index in [0.29, 0.717) is 0 Å². The van der Waals surface area contributed by atoms with Gasteiger partial charge in [0.15, 0.2) is 6.10 Å². The molecule has 0 aromatic carbocycles. The first kappa shape index (κ1) is 27.4. The molecule has 0 aliphatic carbocycles. The number of hydrogen-bond donors (Lipinski definition) is 3. The third-order valence-corrected chi connectivity index (χ3v) is 6.06. The van der Waals surface area contributed by atoms with Crippen LogP contribution in [0.1, 0.15) is 110 Å². The second kappa shape index (κ2) is 19.1. The maximum absolute atomic E-state index is 10.0. The SMILES string of the molecule is CCCCCCCCCCCCCCCCC/C=C/O[C@@H]1[C@@H](O)[C@H](CO)OC[C@H]1O. The average molecular weight is 429 g/mol. The average Bonchev–Trinajstić information content (AvgIpc) is 2.75. The Morgan fingerprint density at radius 1 is 0.800 bits per heavy atom. The van der Waals surface area contributed by atoms with E-state index < -0.39 is 24.4 Å². The Hall–Kier alpha value is -0.620. The second-order valence-electron chi connectivity index (χ2n) is 8.82. The summed E-state index contributed by atoms with van der Waals surface area (Å²) in [5, 5.41) is 29.1. The first-order chi connectivity index (χ1) is 14.7. The topological polar surface area (TPSA) is 79.2 Å². The lowest BCUT2D eigenvalue weighted by atomic mass is 10.0. The summed E-state index contributed by atoms with van der Waals surface area (Å²) in [5.74, 6) is 0. The lowest BCUT2D eigenvalue weighted by Crippen LogP contribution is -2.54. The predicted molar refractivity (Wildman–Crippen MR) is 122 cm³/mol. The third-order valence-electron chi connectivity index (χ3n) is 6.06. The number of rotatable bonds is 19. The fourth-order valence-electron chi connectivity index (χ4n) is 4.03. The summed E-state index contributed by atoms with van der Waals surface area (Å²) in [6.07, 6.45) is 21.5. The summed E-state index contributed by atoms with van der Waals surface area (Å²) < 4.78 is 10.7. The Bertz CT molecular complexity index is 401. The van der Waals surface area contributed by atoms with Gasteiger partial charge in [0.25, 0.3) is 0 Å². The first-order valence-electron chi connectivity index (χ1n) is 12.6. The minimum atomic E-state index is -1.02. The van der Waals surface area contributed by atoms with Gasteiger partial charge in [0.05, 0.1) is 19.5 Å². The molecule has 1 fully saturated rings. The van der Waals surface area contributed by atoms with Gasteiger partial charge in [-0.1, -0.05) is 96.8 Å². The molecule has 4 atom stereocenters. The minimum absolute atomic E-state index is 0.0693. The van der Waals surface area contributed by atoms with Crippen LogP contribution in [0.5, 0.6) is 0 Å². The quantitative estimate of drug-likeness (QED) is 0.193. The number of unbranched alkanes of at least 4 members (excludes halogenated alkanes) is 15. The van der Waals surface area contributed by atoms with E-state index in [1.807, 2.05) is 6.08 Å². The fourth-order valence-corrected chi connectivity index (χ4v) is 4.03. The highest BCUT2D eigenvalue weighted by Gasteiger charge is 2.39. The second-order valence-corrected chi connectivity index (χ2v) is 8.82. The summed E-state index contributed by atoms with van der Waals surface area (Å²) >= 11 is 0. The molecule has 1 aliphatic rings. The molecule has 0 bridgehead atoms. The van der Waals surface area contributed by atoms with Crippen LogP contribution in [0.3, 0.4) is 0 Å². The van der Waals surface area contributed by atoms with Gasteiger partial charge in [-0.05, 0) is 18.9 Å². The van der Waals surface area contributed by atoms with Crippen molar-refractivity contribution in [1.29, 1.82) is 0 Å². The zero-order chi connectivity index (χ0) is 21.9. The van der Waals surface area contributed by atoms with E-state index in [1.54, 1.807) is 6.26 Å². The molecule has 1 aliphatic heterocycles. The summed E-state index contributed by atoms with van der Waals surface area (Å²) in [5.41, 5.74) is 0. The highest BCUT2D eigenvalue weighted by molar-refractivity contribution is 4.89. The van der Waals surface area contributed by atoms with E-state index in [0.717, 1.165) is 12.8 Å². The molecule has 0 amide bonds. The van der Waals surface area contributed by atoms with Crippen LogP contribution in [-0.2, 0) is 9.47 Å². The van der Waals surface area contributed by atoms with Crippen molar-refractivity contribution in [3.8, 4) is 0 Å². The number of aliphatic hydroxyl groups excluding tert-OH is 3. The van der Waals surface area contributed by atoms with Crippen molar-refractivity contribution in [2.45, 2.75) is 134 Å². The molecule has 1 saturated heterocycles. The zero-order valence-corrected chi connectivity index (χ0v) is 19.4. The Balaban J connectivity index is 1.86. The van der Waals surface area contributed by atoms with Crippen LogP contribution in [0.25, 0.3) is 0 Å². The molecule has 3 N–H and O–H groups in total. The zero-order valence-electron chi connectivity index (χ0n) is 19.4. The van der Waals surface area contributed by atoms with Gasteiger partial charge < -0.3 is 24.8 Å². The molecular formula is C25H48O5. The molecule has 0 spiro atoms. The van der Waals surface area contributed by atoms with Gasteiger partial charge >= 0.3 is 0 Å². The van der Waals surface area contributed by atoms with Gasteiger partial charge in [-0.2, -0.15) is 0 Å². The Morgan fingerprint density at radius 2 is 1.30 bits per heavy atom. The van der Waals surface area contributed by atoms with Gasteiger partial charge in [-0.3, -0.25) is 0 Å². The summed E-state index contributed by atoms with van der Waals surface area (Å²) in [6, 6.07) is 0. The molecule has 0 aromatic rings. The maximum atomic E-state index is 10.0. The van der Waals surface area contributed by atoms with E-state index in [4.69, 9.17) is 14.6 Å². The lowest BCUT2D eigenvalue weighted by molar-refractivity contribution is -0.197. The molecule has 30 heavy (non-hydrogen) atoms. The van der Waals surface area contributed by atoms with Gasteiger partial charge in [-0.25, -0.2) is 0 Å². The minimum Gasteiger partial charge on any atom is -0.493 e. The van der Waals surface area contributed by atoms with Crippen LogP contribution in [0.4, 0.5) is 0 Å². The van der Waals surface area contributed by atoms with Crippen LogP contribution in [0, 0.1) is 0 Å². The molecule has 5 nitrogen and oxygen atoms in total. The standard InChI is InChI=1S/C25H48O5/c1-2-3-4-5-6-7-8-9-10-11-12-13-14-15-16-17-18-19-29-25-22(27)21-30-23(20-26)24(25)28/h18-19,22-28H,2-17,20-21H2,1H3/b19-18+/t22-,23+,24+,25+/m1/s1. The molecule has 5 heteroatoms. The van der Waals surface area contributed by atoms with Crippen molar-refractivity contribution in [2.24, 2.45) is 0 Å². The fraction of sp³-hybridized carbons (Fsp3) is 0.920. The summed E-state index contributed by atoms with van der Waals surface area (Å²) in [4.78, 5) is 0. The van der Waals surface area contributed by atoms with Crippen molar-refractivity contribution in [3.05, 3.63) is 12.3 Å². The van der Waals surface area contributed by atoms with Crippen LogP contribution in [0.15, 0.2) is 12.3 Å². The molecule has 0 aromatic heterocycles.